The molecule has 4 nitrogen and oxygen atoms in total. The van der Waals surface area contributed by atoms with Gasteiger partial charge in [0.1, 0.15) is 5.75 Å². The molecule has 0 aliphatic rings. The second-order valence-electron chi connectivity index (χ2n) is 2.64. The first-order valence-electron chi connectivity index (χ1n) is 3.91. The standard InChI is InChI=1S/C9H9N3O/c1-12-7-9(6-11-12)13-8-3-2-4-10-5-8/h2-7H,1H3. The molecular weight excluding hydrogens is 166 g/mol. The molecule has 0 atom stereocenters. The number of hydrogen-bond donors (Lipinski definition) is 0. The Balaban J connectivity index is 2.15. The van der Waals surface area contributed by atoms with Crippen molar-refractivity contribution in [3.63, 3.8) is 0 Å². The molecule has 13 heavy (non-hydrogen) atoms. The molecule has 2 aromatic rings. The van der Waals surface area contributed by atoms with Crippen LogP contribution < -0.4 is 4.74 Å². The van der Waals surface area contributed by atoms with E-state index in [4.69, 9.17) is 4.74 Å². The second kappa shape index (κ2) is 3.26. The SMILES string of the molecule is Cn1cc(Oc2cccnc2)cn1. The highest BCUT2D eigenvalue weighted by Crippen LogP contribution is 2.18. The molecule has 0 spiro atoms. The molecule has 0 aliphatic heterocycles. The summed E-state index contributed by atoms with van der Waals surface area (Å²) in [5, 5.41) is 3.98. The number of aromatic nitrogens is 3. The molecule has 0 saturated carbocycles. The van der Waals surface area contributed by atoms with Crippen LogP contribution in [0.4, 0.5) is 0 Å². The van der Waals surface area contributed by atoms with Crippen LogP contribution in [-0.2, 0) is 7.05 Å². The highest BCUT2D eigenvalue weighted by atomic mass is 16.5. The zero-order chi connectivity index (χ0) is 9.10. The Morgan fingerprint density at radius 3 is 2.85 bits per heavy atom. The van der Waals surface area contributed by atoms with Gasteiger partial charge in [-0.25, -0.2) is 0 Å². The maximum Gasteiger partial charge on any atom is 0.165 e. The Morgan fingerprint density at radius 2 is 2.23 bits per heavy atom. The highest BCUT2D eigenvalue weighted by molar-refractivity contribution is 5.24. The predicted octanol–water partition coefficient (Wildman–Crippen LogP) is 1.61. The summed E-state index contributed by atoms with van der Waals surface area (Å²) in [5.74, 6) is 1.44. The third kappa shape index (κ3) is 1.84. The van der Waals surface area contributed by atoms with E-state index in [-0.39, 0.29) is 0 Å². The van der Waals surface area contributed by atoms with E-state index in [1.54, 1.807) is 29.5 Å². The van der Waals surface area contributed by atoms with E-state index in [0.717, 1.165) is 11.5 Å². The minimum absolute atomic E-state index is 0.718. The molecule has 66 valence electrons. The Hall–Kier alpha value is -1.84. The molecule has 4 heteroatoms. The molecule has 2 rings (SSSR count). The third-order valence-electron chi connectivity index (χ3n) is 1.55. The monoisotopic (exact) mass is 175 g/mol. The minimum atomic E-state index is 0.718. The Morgan fingerprint density at radius 1 is 1.31 bits per heavy atom. The van der Waals surface area contributed by atoms with Crippen LogP contribution in [0.3, 0.4) is 0 Å². The molecule has 0 radical (unpaired) electrons. The molecule has 0 aliphatic carbocycles. The summed E-state index contributed by atoms with van der Waals surface area (Å²) in [6.07, 6.45) is 6.82. The van der Waals surface area contributed by atoms with Crippen molar-refractivity contribution < 1.29 is 4.74 Å². The van der Waals surface area contributed by atoms with Gasteiger partial charge in [-0.1, -0.05) is 0 Å². The lowest BCUT2D eigenvalue weighted by atomic mass is 10.5. The molecule has 2 aromatic heterocycles. The number of ether oxygens (including phenoxy) is 1. The number of nitrogens with zero attached hydrogens (tertiary/aromatic N) is 3. The summed E-state index contributed by atoms with van der Waals surface area (Å²) in [6, 6.07) is 3.67. The summed E-state index contributed by atoms with van der Waals surface area (Å²) >= 11 is 0. The average molecular weight is 175 g/mol. The van der Waals surface area contributed by atoms with Crippen LogP contribution in [0.25, 0.3) is 0 Å². The molecule has 0 N–H and O–H groups in total. The van der Waals surface area contributed by atoms with Gasteiger partial charge in [0.25, 0.3) is 0 Å². The quantitative estimate of drug-likeness (QED) is 0.696. The molecule has 0 saturated heterocycles. The van der Waals surface area contributed by atoms with Gasteiger partial charge >= 0.3 is 0 Å². The summed E-state index contributed by atoms with van der Waals surface area (Å²) in [4.78, 5) is 3.94. The van der Waals surface area contributed by atoms with Crippen molar-refractivity contribution in [2.24, 2.45) is 7.05 Å². The van der Waals surface area contributed by atoms with Crippen LogP contribution in [-0.4, -0.2) is 14.8 Å². The van der Waals surface area contributed by atoms with Crippen molar-refractivity contribution in [2.45, 2.75) is 0 Å². The van der Waals surface area contributed by atoms with E-state index in [2.05, 4.69) is 10.1 Å². The van der Waals surface area contributed by atoms with Gasteiger partial charge in [-0.2, -0.15) is 5.10 Å². The zero-order valence-corrected chi connectivity index (χ0v) is 7.21. The smallest absolute Gasteiger partial charge is 0.165 e. The van der Waals surface area contributed by atoms with Crippen molar-refractivity contribution in [1.82, 2.24) is 14.8 Å². The van der Waals surface area contributed by atoms with Crippen LogP contribution in [0, 0.1) is 0 Å². The van der Waals surface area contributed by atoms with Gasteiger partial charge < -0.3 is 4.74 Å². The van der Waals surface area contributed by atoms with Crippen LogP contribution in [0.1, 0.15) is 0 Å². The zero-order valence-electron chi connectivity index (χ0n) is 7.21. The van der Waals surface area contributed by atoms with Gasteiger partial charge in [-0.3, -0.25) is 9.67 Å². The number of aryl methyl sites for hydroxylation is 1. The van der Waals surface area contributed by atoms with E-state index in [1.807, 2.05) is 19.2 Å². The van der Waals surface area contributed by atoms with Gasteiger partial charge in [-0.05, 0) is 12.1 Å². The molecule has 0 unspecified atom stereocenters. The van der Waals surface area contributed by atoms with E-state index in [0.29, 0.717) is 0 Å². The normalized spacial score (nSPS) is 9.92. The van der Waals surface area contributed by atoms with Crippen LogP contribution in [0.2, 0.25) is 0 Å². The fourth-order valence-corrected chi connectivity index (χ4v) is 0.995. The number of rotatable bonds is 2. The van der Waals surface area contributed by atoms with Crippen LogP contribution in [0.5, 0.6) is 11.5 Å². The topological polar surface area (TPSA) is 39.9 Å². The summed E-state index contributed by atoms with van der Waals surface area (Å²) in [5.41, 5.74) is 0. The first kappa shape index (κ1) is 7.79. The first-order valence-corrected chi connectivity index (χ1v) is 3.91. The molecule has 0 fully saturated rings. The summed E-state index contributed by atoms with van der Waals surface area (Å²) in [7, 11) is 1.84. The molecule has 0 aromatic carbocycles. The van der Waals surface area contributed by atoms with Gasteiger partial charge in [-0.15, -0.1) is 0 Å². The van der Waals surface area contributed by atoms with Crippen molar-refractivity contribution >= 4 is 0 Å². The highest BCUT2D eigenvalue weighted by Gasteiger charge is 1.97. The summed E-state index contributed by atoms with van der Waals surface area (Å²) < 4.78 is 7.14. The minimum Gasteiger partial charge on any atom is -0.452 e. The first-order chi connectivity index (χ1) is 6.34. The van der Waals surface area contributed by atoms with Crippen molar-refractivity contribution in [1.29, 1.82) is 0 Å². The lowest BCUT2D eigenvalue weighted by Gasteiger charge is -1.99. The fourth-order valence-electron chi connectivity index (χ4n) is 0.995. The van der Waals surface area contributed by atoms with Gasteiger partial charge in [0.15, 0.2) is 5.75 Å². The van der Waals surface area contributed by atoms with Crippen LogP contribution >= 0.6 is 0 Å². The maximum absolute atomic E-state index is 5.45. The van der Waals surface area contributed by atoms with E-state index in [1.165, 1.54) is 0 Å². The molecule has 0 bridgehead atoms. The summed E-state index contributed by atoms with van der Waals surface area (Å²) in [6.45, 7) is 0. The van der Waals surface area contributed by atoms with E-state index >= 15 is 0 Å². The number of hydrogen-bond acceptors (Lipinski definition) is 3. The van der Waals surface area contributed by atoms with Gasteiger partial charge in [0, 0.05) is 13.2 Å². The molecule has 0 amide bonds. The lowest BCUT2D eigenvalue weighted by molar-refractivity contribution is 0.479. The fraction of sp³-hybridized carbons (Fsp3) is 0.111. The van der Waals surface area contributed by atoms with Gasteiger partial charge in [0.2, 0.25) is 0 Å². The lowest BCUT2D eigenvalue weighted by Crippen LogP contribution is -1.85. The molecular formula is C9H9N3O. The van der Waals surface area contributed by atoms with E-state index < -0.39 is 0 Å². The van der Waals surface area contributed by atoms with Gasteiger partial charge in [0.05, 0.1) is 18.6 Å². The second-order valence-corrected chi connectivity index (χ2v) is 2.64. The van der Waals surface area contributed by atoms with Crippen LogP contribution in [0.15, 0.2) is 36.9 Å². The third-order valence-corrected chi connectivity index (χ3v) is 1.55. The van der Waals surface area contributed by atoms with E-state index in [9.17, 15) is 0 Å². The average Bonchev–Trinajstić information content (AvgIpc) is 2.53. The van der Waals surface area contributed by atoms with Crippen molar-refractivity contribution in [3.8, 4) is 11.5 Å². The Bertz CT molecular complexity index is 383. The Kier molecular flexibility index (Phi) is 1.96. The van der Waals surface area contributed by atoms with Crippen molar-refractivity contribution in [2.75, 3.05) is 0 Å². The predicted molar refractivity (Wildman–Crippen MR) is 47.5 cm³/mol. The largest absolute Gasteiger partial charge is 0.452 e. The molecule has 2 heterocycles. The Labute approximate surface area is 75.8 Å². The number of pyridine rings is 1. The van der Waals surface area contributed by atoms with Crippen molar-refractivity contribution in [3.05, 3.63) is 36.9 Å². The maximum atomic E-state index is 5.45.